The Bertz CT molecular complexity index is 669. The molecule has 0 spiro atoms. The van der Waals surface area contributed by atoms with Gasteiger partial charge in [0.1, 0.15) is 0 Å². The lowest BCUT2D eigenvalue weighted by molar-refractivity contribution is -0.384. The third-order valence-corrected chi connectivity index (χ3v) is 2.97. The number of aromatic hydroxyl groups is 1. The fraction of sp³-hybridized carbons (Fsp3) is 0. The van der Waals surface area contributed by atoms with Crippen LogP contribution in [0.5, 0.6) is 11.5 Å². The van der Waals surface area contributed by atoms with E-state index in [2.05, 4.69) is 15.9 Å². The summed E-state index contributed by atoms with van der Waals surface area (Å²) in [5.41, 5.74) is -0.0134. The van der Waals surface area contributed by atoms with E-state index >= 15 is 0 Å². The fourth-order valence-electron chi connectivity index (χ4n) is 1.44. The molecule has 0 unspecified atom stereocenters. The van der Waals surface area contributed by atoms with Crippen molar-refractivity contribution in [3.63, 3.8) is 0 Å². The number of carbonyl (C=O) groups is 1. The van der Waals surface area contributed by atoms with Crippen LogP contribution in [0.2, 0.25) is 0 Å². The van der Waals surface area contributed by atoms with Crippen LogP contribution >= 0.6 is 15.9 Å². The maximum Gasteiger partial charge on any atom is 0.343 e. The molecule has 0 saturated carbocycles. The molecule has 102 valence electrons. The lowest BCUT2D eigenvalue weighted by Crippen LogP contribution is -2.08. The summed E-state index contributed by atoms with van der Waals surface area (Å²) in [4.78, 5) is 21.8. The molecule has 0 saturated heterocycles. The average molecular weight is 338 g/mol. The summed E-state index contributed by atoms with van der Waals surface area (Å²) in [6, 6.07) is 9.58. The number of phenols is 1. The zero-order valence-corrected chi connectivity index (χ0v) is 11.5. The molecule has 1 N–H and O–H groups in total. The molecule has 6 nitrogen and oxygen atoms in total. The minimum Gasteiger partial charge on any atom is -0.504 e. The molecule has 2 aromatic carbocycles. The van der Waals surface area contributed by atoms with Crippen molar-refractivity contribution in [2.75, 3.05) is 0 Å². The molecule has 0 atom stereocenters. The molecule has 0 amide bonds. The second-order valence-corrected chi connectivity index (χ2v) is 4.72. The van der Waals surface area contributed by atoms with Gasteiger partial charge < -0.3 is 9.84 Å². The molecule has 0 aliphatic rings. The number of nitro benzene ring substituents is 1. The van der Waals surface area contributed by atoms with Gasteiger partial charge in [-0.25, -0.2) is 4.79 Å². The summed E-state index contributed by atoms with van der Waals surface area (Å²) in [5.74, 6) is -1.32. The van der Waals surface area contributed by atoms with Gasteiger partial charge in [0.25, 0.3) is 5.69 Å². The Morgan fingerprint density at radius 2 is 1.85 bits per heavy atom. The normalized spacial score (nSPS) is 10.1. The molecule has 0 fully saturated rings. The number of halogens is 1. The van der Waals surface area contributed by atoms with Gasteiger partial charge in [0.15, 0.2) is 11.5 Å². The average Bonchev–Trinajstić information content (AvgIpc) is 2.41. The second kappa shape index (κ2) is 5.70. The quantitative estimate of drug-likeness (QED) is 0.401. The van der Waals surface area contributed by atoms with Crippen molar-refractivity contribution in [1.82, 2.24) is 0 Å². The van der Waals surface area contributed by atoms with Crippen LogP contribution in [0.15, 0.2) is 46.9 Å². The van der Waals surface area contributed by atoms with Crippen molar-refractivity contribution in [3.8, 4) is 11.5 Å². The van der Waals surface area contributed by atoms with Crippen molar-refractivity contribution in [1.29, 1.82) is 0 Å². The highest BCUT2D eigenvalue weighted by molar-refractivity contribution is 9.10. The number of benzene rings is 2. The Balaban J connectivity index is 2.25. The lowest BCUT2D eigenvalue weighted by Gasteiger charge is -2.06. The first-order chi connectivity index (χ1) is 9.47. The van der Waals surface area contributed by atoms with Crippen molar-refractivity contribution < 1.29 is 19.6 Å². The highest BCUT2D eigenvalue weighted by Gasteiger charge is 2.15. The van der Waals surface area contributed by atoms with Crippen molar-refractivity contribution >= 4 is 27.6 Å². The predicted molar refractivity (Wildman–Crippen MR) is 73.9 cm³/mol. The molecule has 20 heavy (non-hydrogen) atoms. The third-order valence-electron chi connectivity index (χ3n) is 2.44. The number of rotatable bonds is 3. The fourth-order valence-corrected chi connectivity index (χ4v) is 1.71. The van der Waals surface area contributed by atoms with E-state index < -0.39 is 10.9 Å². The van der Waals surface area contributed by atoms with Gasteiger partial charge in [0.2, 0.25) is 0 Å². The summed E-state index contributed by atoms with van der Waals surface area (Å²) in [7, 11) is 0. The van der Waals surface area contributed by atoms with Crippen LogP contribution in [0.1, 0.15) is 10.4 Å². The molecule has 2 rings (SSSR count). The van der Waals surface area contributed by atoms with Gasteiger partial charge in [-0.15, -0.1) is 0 Å². The van der Waals surface area contributed by atoms with Crippen LogP contribution in [-0.2, 0) is 0 Å². The largest absolute Gasteiger partial charge is 0.504 e. The first-order valence-electron chi connectivity index (χ1n) is 5.42. The zero-order valence-electron chi connectivity index (χ0n) is 9.95. The maximum absolute atomic E-state index is 11.8. The van der Waals surface area contributed by atoms with E-state index in [1.165, 1.54) is 12.1 Å². The number of nitrogens with zero attached hydrogens (tertiary/aromatic N) is 1. The molecule has 0 aromatic heterocycles. The minimum absolute atomic E-state index is 0.257. The van der Waals surface area contributed by atoms with Crippen LogP contribution in [0.4, 0.5) is 5.69 Å². The van der Waals surface area contributed by atoms with Crippen molar-refractivity contribution in [2.45, 2.75) is 0 Å². The number of phenolic OH excluding ortho intramolecular Hbond substituents is 1. The van der Waals surface area contributed by atoms with Gasteiger partial charge in [-0.05, 0) is 30.3 Å². The van der Waals surface area contributed by atoms with E-state index in [0.717, 1.165) is 22.7 Å². The monoisotopic (exact) mass is 337 g/mol. The molecule has 0 aliphatic carbocycles. The summed E-state index contributed by atoms with van der Waals surface area (Å²) in [5, 5.41) is 20.2. The van der Waals surface area contributed by atoms with Crippen LogP contribution in [0.25, 0.3) is 0 Å². The second-order valence-electron chi connectivity index (χ2n) is 3.81. The van der Waals surface area contributed by atoms with E-state index in [-0.39, 0.29) is 22.7 Å². The predicted octanol–water partition coefficient (Wildman–Crippen LogP) is 3.28. The van der Waals surface area contributed by atoms with E-state index in [9.17, 15) is 20.0 Å². The molecule has 0 bridgehead atoms. The van der Waals surface area contributed by atoms with Gasteiger partial charge in [0, 0.05) is 10.5 Å². The summed E-state index contributed by atoms with van der Waals surface area (Å²) in [6.45, 7) is 0. The smallest absolute Gasteiger partial charge is 0.343 e. The van der Waals surface area contributed by atoms with Crippen LogP contribution in [0, 0.1) is 10.1 Å². The molecule has 0 heterocycles. The van der Waals surface area contributed by atoms with E-state index in [4.69, 9.17) is 4.74 Å². The number of non-ortho nitro benzene ring substituents is 1. The molecule has 7 heteroatoms. The van der Waals surface area contributed by atoms with Gasteiger partial charge in [-0.1, -0.05) is 15.9 Å². The maximum atomic E-state index is 11.8. The summed E-state index contributed by atoms with van der Waals surface area (Å²) >= 11 is 3.23. The topological polar surface area (TPSA) is 89.7 Å². The first kappa shape index (κ1) is 14.0. The highest BCUT2D eigenvalue weighted by atomic mass is 79.9. The van der Waals surface area contributed by atoms with Gasteiger partial charge in [0.05, 0.1) is 16.6 Å². The van der Waals surface area contributed by atoms with Gasteiger partial charge in [-0.3, -0.25) is 10.1 Å². The number of ether oxygens (including phenoxy) is 1. The Hall–Kier alpha value is -2.41. The molecule has 0 aliphatic heterocycles. The Morgan fingerprint density at radius 3 is 2.45 bits per heavy atom. The Labute approximate surface area is 121 Å². The first-order valence-corrected chi connectivity index (χ1v) is 6.22. The van der Waals surface area contributed by atoms with Crippen molar-refractivity contribution in [2.24, 2.45) is 0 Å². The molecule has 0 radical (unpaired) electrons. The summed E-state index contributed by atoms with van der Waals surface area (Å²) in [6.07, 6.45) is 0. The zero-order chi connectivity index (χ0) is 14.7. The Kier molecular flexibility index (Phi) is 3.99. The lowest BCUT2D eigenvalue weighted by atomic mass is 10.2. The number of hydrogen-bond acceptors (Lipinski definition) is 5. The van der Waals surface area contributed by atoms with E-state index in [1.54, 1.807) is 12.1 Å². The Morgan fingerprint density at radius 1 is 1.20 bits per heavy atom. The SMILES string of the molecule is O=C(Oc1cc([N+](=O)[O-])ccc1O)c1ccc(Br)cc1. The van der Waals surface area contributed by atoms with Crippen LogP contribution in [0.3, 0.4) is 0 Å². The third kappa shape index (κ3) is 3.12. The molecular weight excluding hydrogens is 330 g/mol. The van der Waals surface area contributed by atoms with Crippen molar-refractivity contribution in [3.05, 3.63) is 62.6 Å². The van der Waals surface area contributed by atoms with E-state index in [0.29, 0.717) is 0 Å². The summed E-state index contributed by atoms with van der Waals surface area (Å²) < 4.78 is 5.75. The van der Waals surface area contributed by atoms with Gasteiger partial charge in [-0.2, -0.15) is 0 Å². The standard InChI is InChI=1S/C13H8BrNO5/c14-9-3-1-8(2-4-9)13(17)20-12-7-10(15(18)19)5-6-11(12)16/h1-7,16H. The number of nitro groups is 1. The number of hydrogen-bond donors (Lipinski definition) is 1. The molecule has 2 aromatic rings. The van der Waals surface area contributed by atoms with E-state index in [1.807, 2.05) is 0 Å². The minimum atomic E-state index is -0.715. The number of esters is 1. The van der Waals surface area contributed by atoms with Gasteiger partial charge >= 0.3 is 5.97 Å². The van der Waals surface area contributed by atoms with Crippen LogP contribution in [-0.4, -0.2) is 16.0 Å². The number of carbonyl (C=O) groups excluding carboxylic acids is 1. The molecular formula is C13H8BrNO5. The highest BCUT2D eigenvalue weighted by Crippen LogP contribution is 2.30. The van der Waals surface area contributed by atoms with Crippen LogP contribution < -0.4 is 4.74 Å².